The summed E-state index contributed by atoms with van der Waals surface area (Å²) in [5, 5.41) is 0.827. The van der Waals surface area contributed by atoms with Gasteiger partial charge in [0, 0.05) is 18.3 Å². The SMILES string of the molecule is Cc1cc(CN)cnc1Oc1cccc(Cl)c1Cl. The lowest BCUT2D eigenvalue weighted by Crippen LogP contribution is -1.99. The number of ether oxygens (including phenoxy) is 1. The molecule has 3 nitrogen and oxygen atoms in total. The minimum absolute atomic E-state index is 0.378. The van der Waals surface area contributed by atoms with Gasteiger partial charge in [-0.2, -0.15) is 0 Å². The van der Waals surface area contributed by atoms with E-state index in [0.29, 0.717) is 28.2 Å². The molecule has 0 saturated heterocycles. The van der Waals surface area contributed by atoms with E-state index in [1.807, 2.05) is 13.0 Å². The van der Waals surface area contributed by atoms with E-state index in [-0.39, 0.29) is 0 Å². The third kappa shape index (κ3) is 2.75. The summed E-state index contributed by atoms with van der Waals surface area (Å²) in [6.07, 6.45) is 1.68. The second-order valence-electron chi connectivity index (χ2n) is 3.82. The number of halogens is 2. The van der Waals surface area contributed by atoms with Crippen molar-refractivity contribution >= 4 is 23.2 Å². The minimum atomic E-state index is 0.378. The maximum atomic E-state index is 6.05. The van der Waals surface area contributed by atoms with Crippen LogP contribution in [0, 0.1) is 6.92 Å². The number of hydrogen-bond acceptors (Lipinski definition) is 3. The van der Waals surface area contributed by atoms with Crippen molar-refractivity contribution in [1.29, 1.82) is 0 Å². The van der Waals surface area contributed by atoms with Crippen LogP contribution in [0.15, 0.2) is 30.5 Å². The molecule has 0 atom stereocenters. The molecule has 0 radical (unpaired) electrons. The average Bonchev–Trinajstić information content (AvgIpc) is 2.37. The van der Waals surface area contributed by atoms with Crippen LogP contribution in [-0.2, 0) is 6.54 Å². The molecule has 0 fully saturated rings. The van der Waals surface area contributed by atoms with Gasteiger partial charge >= 0.3 is 0 Å². The van der Waals surface area contributed by atoms with E-state index in [1.165, 1.54) is 0 Å². The molecule has 2 N–H and O–H groups in total. The number of hydrogen-bond donors (Lipinski definition) is 1. The monoisotopic (exact) mass is 282 g/mol. The number of pyridine rings is 1. The van der Waals surface area contributed by atoms with Gasteiger partial charge in [0.25, 0.3) is 0 Å². The predicted molar refractivity (Wildman–Crippen MR) is 73.4 cm³/mol. The van der Waals surface area contributed by atoms with E-state index < -0.39 is 0 Å². The van der Waals surface area contributed by atoms with E-state index >= 15 is 0 Å². The Kier molecular flexibility index (Phi) is 4.07. The number of aryl methyl sites for hydroxylation is 1. The van der Waals surface area contributed by atoms with Crippen molar-refractivity contribution in [2.45, 2.75) is 13.5 Å². The van der Waals surface area contributed by atoms with Gasteiger partial charge in [-0.15, -0.1) is 0 Å². The Morgan fingerprint density at radius 3 is 2.78 bits per heavy atom. The molecule has 2 rings (SSSR count). The van der Waals surface area contributed by atoms with Crippen molar-refractivity contribution in [2.75, 3.05) is 0 Å². The molecule has 0 aliphatic rings. The number of rotatable bonds is 3. The molecular weight excluding hydrogens is 271 g/mol. The Labute approximate surface area is 115 Å². The first-order valence-electron chi connectivity index (χ1n) is 5.39. The van der Waals surface area contributed by atoms with Crippen molar-refractivity contribution in [1.82, 2.24) is 4.98 Å². The molecular formula is C13H12Cl2N2O. The van der Waals surface area contributed by atoms with Gasteiger partial charge in [0.05, 0.1) is 5.02 Å². The zero-order valence-corrected chi connectivity index (χ0v) is 11.3. The number of nitrogens with zero attached hydrogens (tertiary/aromatic N) is 1. The standard InChI is InChI=1S/C13H12Cl2N2O/c1-8-5-9(6-16)7-17-13(8)18-11-4-2-3-10(14)12(11)15/h2-5,7H,6,16H2,1H3. The molecule has 1 heterocycles. The molecule has 18 heavy (non-hydrogen) atoms. The molecule has 1 aromatic heterocycles. The van der Waals surface area contributed by atoms with Crippen LogP contribution in [0.4, 0.5) is 0 Å². The first kappa shape index (κ1) is 13.1. The molecule has 0 unspecified atom stereocenters. The van der Waals surface area contributed by atoms with Gasteiger partial charge in [-0.1, -0.05) is 29.3 Å². The van der Waals surface area contributed by atoms with Crippen LogP contribution in [0.2, 0.25) is 10.0 Å². The molecule has 0 amide bonds. The first-order chi connectivity index (χ1) is 8.61. The van der Waals surface area contributed by atoms with Crippen LogP contribution < -0.4 is 10.5 Å². The summed E-state index contributed by atoms with van der Waals surface area (Å²) in [6, 6.07) is 7.15. The Bertz CT molecular complexity index is 573. The molecule has 0 bridgehead atoms. The van der Waals surface area contributed by atoms with Gasteiger partial charge in [-0.3, -0.25) is 0 Å². The van der Waals surface area contributed by atoms with E-state index in [2.05, 4.69) is 4.98 Å². The Balaban J connectivity index is 2.31. The summed E-state index contributed by atoms with van der Waals surface area (Å²) in [7, 11) is 0. The van der Waals surface area contributed by atoms with Crippen LogP contribution in [0.25, 0.3) is 0 Å². The number of aromatic nitrogens is 1. The molecule has 5 heteroatoms. The van der Waals surface area contributed by atoms with Gasteiger partial charge in [-0.25, -0.2) is 4.98 Å². The normalized spacial score (nSPS) is 10.4. The summed E-state index contributed by atoms with van der Waals surface area (Å²) >= 11 is 12.0. The molecule has 1 aromatic carbocycles. The van der Waals surface area contributed by atoms with Crippen molar-refractivity contribution in [2.24, 2.45) is 5.73 Å². The smallest absolute Gasteiger partial charge is 0.222 e. The van der Waals surface area contributed by atoms with Gasteiger partial charge in [-0.05, 0) is 30.7 Å². The fourth-order valence-corrected chi connectivity index (χ4v) is 1.84. The van der Waals surface area contributed by atoms with Crippen LogP contribution in [0.1, 0.15) is 11.1 Å². The van der Waals surface area contributed by atoms with Crippen molar-refractivity contribution in [3.8, 4) is 11.6 Å². The highest BCUT2D eigenvalue weighted by molar-refractivity contribution is 6.42. The zero-order chi connectivity index (χ0) is 13.1. The van der Waals surface area contributed by atoms with E-state index in [0.717, 1.165) is 11.1 Å². The summed E-state index contributed by atoms with van der Waals surface area (Å²) in [5.74, 6) is 0.983. The maximum Gasteiger partial charge on any atom is 0.222 e. The number of benzene rings is 1. The zero-order valence-electron chi connectivity index (χ0n) is 9.78. The lowest BCUT2D eigenvalue weighted by atomic mass is 10.2. The second-order valence-corrected chi connectivity index (χ2v) is 4.61. The molecule has 0 aliphatic carbocycles. The summed E-state index contributed by atoms with van der Waals surface area (Å²) in [6.45, 7) is 2.35. The minimum Gasteiger partial charge on any atom is -0.437 e. The van der Waals surface area contributed by atoms with Crippen molar-refractivity contribution < 1.29 is 4.74 Å². The van der Waals surface area contributed by atoms with E-state index in [4.69, 9.17) is 33.7 Å². The Morgan fingerprint density at radius 2 is 2.11 bits per heavy atom. The average molecular weight is 283 g/mol. The second kappa shape index (κ2) is 5.57. The highest BCUT2D eigenvalue weighted by Gasteiger charge is 2.09. The van der Waals surface area contributed by atoms with Crippen molar-refractivity contribution in [3.05, 3.63) is 51.6 Å². The molecule has 2 aromatic rings. The fourth-order valence-electron chi connectivity index (χ4n) is 1.51. The largest absolute Gasteiger partial charge is 0.437 e. The topological polar surface area (TPSA) is 48.1 Å². The molecule has 94 valence electrons. The Morgan fingerprint density at radius 1 is 1.33 bits per heavy atom. The van der Waals surface area contributed by atoms with E-state index in [1.54, 1.807) is 24.4 Å². The summed E-state index contributed by atoms with van der Waals surface area (Å²) in [4.78, 5) is 4.21. The quantitative estimate of drug-likeness (QED) is 0.927. The third-order valence-electron chi connectivity index (χ3n) is 2.45. The van der Waals surface area contributed by atoms with Crippen LogP contribution in [-0.4, -0.2) is 4.98 Å². The summed E-state index contributed by atoms with van der Waals surface area (Å²) in [5.41, 5.74) is 7.40. The van der Waals surface area contributed by atoms with Gasteiger partial charge < -0.3 is 10.5 Å². The molecule has 0 saturated carbocycles. The lowest BCUT2D eigenvalue weighted by Gasteiger charge is -2.10. The lowest BCUT2D eigenvalue weighted by molar-refractivity contribution is 0.458. The molecule has 0 aliphatic heterocycles. The fraction of sp³-hybridized carbons (Fsp3) is 0.154. The van der Waals surface area contributed by atoms with Crippen LogP contribution >= 0.6 is 23.2 Å². The highest BCUT2D eigenvalue weighted by Crippen LogP contribution is 2.34. The van der Waals surface area contributed by atoms with Gasteiger partial charge in [0.2, 0.25) is 5.88 Å². The maximum absolute atomic E-state index is 6.05. The highest BCUT2D eigenvalue weighted by atomic mass is 35.5. The third-order valence-corrected chi connectivity index (χ3v) is 3.25. The van der Waals surface area contributed by atoms with Gasteiger partial charge in [0.1, 0.15) is 10.8 Å². The predicted octanol–water partition coefficient (Wildman–Crippen LogP) is 3.95. The first-order valence-corrected chi connectivity index (χ1v) is 6.15. The van der Waals surface area contributed by atoms with E-state index in [9.17, 15) is 0 Å². The Hall–Kier alpha value is -1.29. The van der Waals surface area contributed by atoms with Crippen LogP contribution in [0.3, 0.4) is 0 Å². The summed E-state index contributed by atoms with van der Waals surface area (Å²) < 4.78 is 5.65. The van der Waals surface area contributed by atoms with Crippen LogP contribution in [0.5, 0.6) is 11.6 Å². The van der Waals surface area contributed by atoms with Gasteiger partial charge in [0.15, 0.2) is 0 Å². The molecule has 0 spiro atoms. The number of nitrogens with two attached hydrogens (primary N) is 1. The van der Waals surface area contributed by atoms with Crippen molar-refractivity contribution in [3.63, 3.8) is 0 Å².